The summed E-state index contributed by atoms with van der Waals surface area (Å²) in [5.41, 5.74) is 6.30. The minimum atomic E-state index is -0.317. The Bertz CT molecular complexity index is 431. The molecule has 0 unspecified atom stereocenters. The lowest BCUT2D eigenvalue weighted by atomic mass is 9.93. The Balaban J connectivity index is 2.53. The molecule has 20 heavy (non-hydrogen) atoms. The molecule has 0 atom stereocenters. The van der Waals surface area contributed by atoms with Crippen molar-refractivity contribution in [3.63, 3.8) is 0 Å². The van der Waals surface area contributed by atoms with E-state index in [2.05, 4.69) is 19.2 Å². The van der Waals surface area contributed by atoms with Crippen LogP contribution in [0.2, 0.25) is 0 Å². The second kappa shape index (κ2) is 7.36. The van der Waals surface area contributed by atoms with Crippen molar-refractivity contribution in [2.24, 2.45) is 11.1 Å². The van der Waals surface area contributed by atoms with Crippen LogP contribution in [0.5, 0.6) is 0 Å². The van der Waals surface area contributed by atoms with Crippen LogP contribution in [0.15, 0.2) is 24.3 Å². The molecule has 0 aliphatic heterocycles. The van der Waals surface area contributed by atoms with Crippen LogP contribution in [-0.2, 0) is 4.79 Å². The normalized spacial score (nSPS) is 11.7. The van der Waals surface area contributed by atoms with Gasteiger partial charge in [-0.1, -0.05) is 20.8 Å². The van der Waals surface area contributed by atoms with E-state index >= 15 is 0 Å². The van der Waals surface area contributed by atoms with E-state index in [0.717, 1.165) is 13.1 Å². The molecule has 0 saturated carbocycles. The number of hydrogen-bond acceptors (Lipinski definition) is 3. The second-order valence-electron chi connectivity index (χ2n) is 5.73. The third-order valence-corrected chi connectivity index (χ3v) is 3.15. The van der Waals surface area contributed by atoms with Gasteiger partial charge in [-0.3, -0.25) is 9.69 Å². The summed E-state index contributed by atoms with van der Waals surface area (Å²) in [6.07, 6.45) is 0. The van der Waals surface area contributed by atoms with Gasteiger partial charge in [-0.25, -0.2) is 4.39 Å². The van der Waals surface area contributed by atoms with Crippen molar-refractivity contribution in [3.8, 4) is 0 Å². The number of nitrogens with zero attached hydrogens (tertiary/aromatic N) is 1. The number of hydrogen-bond donors (Lipinski definition) is 2. The molecule has 0 aliphatic rings. The topological polar surface area (TPSA) is 58.4 Å². The van der Waals surface area contributed by atoms with Crippen LogP contribution in [0, 0.1) is 11.2 Å². The highest BCUT2D eigenvalue weighted by molar-refractivity contribution is 5.92. The number of carbonyl (C=O) groups is 1. The summed E-state index contributed by atoms with van der Waals surface area (Å²) in [5, 5.41) is 2.76. The van der Waals surface area contributed by atoms with Gasteiger partial charge in [0.05, 0.1) is 6.54 Å². The Morgan fingerprint density at radius 2 is 1.95 bits per heavy atom. The number of nitrogens with one attached hydrogen (secondary N) is 1. The van der Waals surface area contributed by atoms with E-state index in [4.69, 9.17) is 5.73 Å². The summed E-state index contributed by atoms with van der Waals surface area (Å²) in [4.78, 5) is 14.0. The molecular weight excluding hydrogens is 257 g/mol. The highest BCUT2D eigenvalue weighted by atomic mass is 19.1. The van der Waals surface area contributed by atoms with E-state index in [9.17, 15) is 9.18 Å². The molecular formula is C15H24FN3O. The van der Waals surface area contributed by atoms with Crippen LogP contribution in [0.25, 0.3) is 0 Å². The summed E-state index contributed by atoms with van der Waals surface area (Å²) >= 11 is 0. The third kappa shape index (κ3) is 5.67. The lowest BCUT2D eigenvalue weighted by molar-refractivity contribution is -0.117. The molecule has 0 heterocycles. The smallest absolute Gasteiger partial charge is 0.238 e. The van der Waals surface area contributed by atoms with Crippen LogP contribution in [0.4, 0.5) is 10.1 Å². The van der Waals surface area contributed by atoms with Crippen molar-refractivity contribution >= 4 is 11.6 Å². The van der Waals surface area contributed by atoms with E-state index in [1.54, 1.807) is 12.1 Å². The Morgan fingerprint density at radius 3 is 2.45 bits per heavy atom. The molecule has 0 aromatic heterocycles. The lowest BCUT2D eigenvalue weighted by Gasteiger charge is -2.30. The van der Waals surface area contributed by atoms with Crippen LogP contribution in [-0.4, -0.2) is 37.0 Å². The molecule has 0 saturated heterocycles. The predicted molar refractivity (Wildman–Crippen MR) is 80.0 cm³/mol. The van der Waals surface area contributed by atoms with E-state index in [1.807, 2.05) is 11.8 Å². The first-order chi connectivity index (χ1) is 9.36. The second-order valence-corrected chi connectivity index (χ2v) is 5.73. The number of anilines is 1. The fourth-order valence-corrected chi connectivity index (χ4v) is 1.89. The average Bonchev–Trinajstić information content (AvgIpc) is 2.40. The summed E-state index contributed by atoms with van der Waals surface area (Å²) in [6.45, 7) is 8.58. The number of carbonyl (C=O) groups excluding carboxylic acids is 1. The molecule has 0 spiro atoms. The van der Waals surface area contributed by atoms with Crippen molar-refractivity contribution in [1.29, 1.82) is 0 Å². The maximum atomic E-state index is 12.8. The number of likely N-dealkylation sites (N-methyl/N-ethyl adjacent to an activating group) is 1. The molecule has 1 rings (SSSR count). The summed E-state index contributed by atoms with van der Waals surface area (Å²) in [5.74, 6) is -0.422. The first kappa shape index (κ1) is 16.6. The number of halogens is 1. The monoisotopic (exact) mass is 281 g/mol. The van der Waals surface area contributed by atoms with Gasteiger partial charge in [0, 0.05) is 12.2 Å². The number of benzene rings is 1. The Labute approximate surface area is 120 Å². The Morgan fingerprint density at radius 1 is 1.35 bits per heavy atom. The van der Waals surface area contributed by atoms with Crippen molar-refractivity contribution in [2.75, 3.05) is 31.5 Å². The highest BCUT2D eigenvalue weighted by Crippen LogP contribution is 2.15. The Kier molecular flexibility index (Phi) is 6.10. The molecule has 112 valence electrons. The minimum absolute atomic E-state index is 0.0217. The predicted octanol–water partition coefficient (Wildman–Crippen LogP) is 2.07. The van der Waals surface area contributed by atoms with E-state index in [-0.39, 0.29) is 17.1 Å². The van der Waals surface area contributed by atoms with Crippen LogP contribution in [0.3, 0.4) is 0 Å². The zero-order valence-electron chi connectivity index (χ0n) is 12.4. The van der Waals surface area contributed by atoms with Crippen molar-refractivity contribution in [3.05, 3.63) is 30.1 Å². The summed E-state index contributed by atoms with van der Waals surface area (Å²) in [6, 6.07) is 5.75. The van der Waals surface area contributed by atoms with Gasteiger partial charge in [-0.2, -0.15) is 0 Å². The fraction of sp³-hybridized carbons (Fsp3) is 0.533. The summed E-state index contributed by atoms with van der Waals surface area (Å²) < 4.78 is 12.8. The maximum absolute atomic E-state index is 12.8. The van der Waals surface area contributed by atoms with Crippen molar-refractivity contribution in [1.82, 2.24) is 4.90 Å². The van der Waals surface area contributed by atoms with Gasteiger partial charge in [0.1, 0.15) is 5.82 Å². The zero-order chi connectivity index (χ0) is 15.2. The molecule has 5 heteroatoms. The van der Waals surface area contributed by atoms with E-state index in [1.165, 1.54) is 12.1 Å². The van der Waals surface area contributed by atoms with Crippen LogP contribution in [0.1, 0.15) is 20.8 Å². The highest BCUT2D eigenvalue weighted by Gasteiger charge is 2.20. The van der Waals surface area contributed by atoms with Gasteiger partial charge in [-0.05, 0) is 42.8 Å². The number of nitrogens with two attached hydrogens (primary N) is 1. The van der Waals surface area contributed by atoms with Gasteiger partial charge in [0.2, 0.25) is 5.91 Å². The molecule has 0 radical (unpaired) electrons. The maximum Gasteiger partial charge on any atom is 0.238 e. The van der Waals surface area contributed by atoms with E-state index in [0.29, 0.717) is 18.8 Å². The van der Waals surface area contributed by atoms with Gasteiger partial charge < -0.3 is 11.1 Å². The zero-order valence-corrected chi connectivity index (χ0v) is 12.4. The molecule has 0 bridgehead atoms. The van der Waals surface area contributed by atoms with Gasteiger partial charge in [0.15, 0.2) is 0 Å². The molecule has 1 aromatic rings. The van der Waals surface area contributed by atoms with Crippen molar-refractivity contribution in [2.45, 2.75) is 20.8 Å². The van der Waals surface area contributed by atoms with E-state index < -0.39 is 0 Å². The van der Waals surface area contributed by atoms with Crippen molar-refractivity contribution < 1.29 is 9.18 Å². The minimum Gasteiger partial charge on any atom is -0.330 e. The summed E-state index contributed by atoms with van der Waals surface area (Å²) in [7, 11) is 0. The first-order valence-electron chi connectivity index (χ1n) is 6.84. The lowest BCUT2D eigenvalue weighted by Crippen LogP contribution is -2.42. The fourth-order valence-electron chi connectivity index (χ4n) is 1.89. The van der Waals surface area contributed by atoms with Crippen LogP contribution >= 0.6 is 0 Å². The SMILES string of the molecule is CCN(CC(=O)Nc1ccc(F)cc1)CC(C)(C)CN. The molecule has 0 aliphatic carbocycles. The molecule has 3 N–H and O–H groups in total. The van der Waals surface area contributed by atoms with Crippen LogP contribution < -0.4 is 11.1 Å². The standard InChI is InChI=1S/C15H24FN3O/c1-4-19(11-15(2,3)10-17)9-14(20)18-13-7-5-12(16)6-8-13/h5-8H,4,9-11,17H2,1-3H3,(H,18,20). The average molecular weight is 281 g/mol. The molecule has 1 amide bonds. The molecule has 0 fully saturated rings. The number of amides is 1. The van der Waals surface area contributed by atoms with Gasteiger partial charge in [0.25, 0.3) is 0 Å². The molecule has 4 nitrogen and oxygen atoms in total. The quantitative estimate of drug-likeness (QED) is 0.804. The Hall–Kier alpha value is -1.46. The first-order valence-corrected chi connectivity index (χ1v) is 6.84. The number of rotatable bonds is 7. The van der Waals surface area contributed by atoms with Gasteiger partial charge >= 0.3 is 0 Å². The largest absolute Gasteiger partial charge is 0.330 e. The van der Waals surface area contributed by atoms with Gasteiger partial charge in [-0.15, -0.1) is 0 Å². The molecule has 1 aromatic carbocycles. The third-order valence-electron chi connectivity index (χ3n) is 3.15.